The highest BCUT2D eigenvalue weighted by molar-refractivity contribution is 9.09. The number of aryl methyl sites for hydroxylation is 4. The number of ether oxygens (including phenoxy) is 5. The van der Waals surface area contributed by atoms with Crippen molar-refractivity contribution in [1.29, 1.82) is 0 Å². The monoisotopic (exact) mass is 994 g/mol. The summed E-state index contributed by atoms with van der Waals surface area (Å²) in [5.74, 6) is 0.678. The van der Waals surface area contributed by atoms with Crippen LogP contribution in [0.5, 0.6) is 11.5 Å². The first-order chi connectivity index (χ1) is 28.3. The van der Waals surface area contributed by atoms with Gasteiger partial charge in [0.1, 0.15) is 34.6 Å². The van der Waals surface area contributed by atoms with Gasteiger partial charge in [0.2, 0.25) is 20.0 Å². The Bertz CT molecular complexity index is 1910. The van der Waals surface area contributed by atoms with Crippen LogP contribution in [-0.2, 0) is 43.8 Å². The van der Waals surface area contributed by atoms with Crippen molar-refractivity contribution in [1.82, 2.24) is 8.61 Å². The minimum absolute atomic E-state index is 0. The Hall–Kier alpha value is -2.80. The zero-order valence-electron chi connectivity index (χ0n) is 38.4. The van der Waals surface area contributed by atoms with Crippen LogP contribution in [0.3, 0.4) is 0 Å². The van der Waals surface area contributed by atoms with Gasteiger partial charge in [-0.15, -0.1) is 0 Å². The molecule has 63 heavy (non-hydrogen) atoms. The van der Waals surface area contributed by atoms with Crippen molar-refractivity contribution in [2.24, 2.45) is 0 Å². The van der Waals surface area contributed by atoms with E-state index in [-0.39, 0.29) is 57.1 Å². The molecular formula is C46H79BrN2O12S2. The first-order valence-electron chi connectivity index (χ1n) is 20.8. The molecule has 2 aromatic carbocycles. The third-order valence-electron chi connectivity index (χ3n) is 9.85. The van der Waals surface area contributed by atoms with Crippen molar-refractivity contribution in [3.05, 3.63) is 46.5 Å². The highest BCUT2D eigenvalue weighted by Gasteiger charge is 2.36. The molecule has 2 fully saturated rings. The van der Waals surface area contributed by atoms with Crippen molar-refractivity contribution < 1.29 is 55.2 Å². The predicted molar refractivity (Wildman–Crippen MR) is 254 cm³/mol. The van der Waals surface area contributed by atoms with E-state index in [1.54, 1.807) is 95.6 Å². The summed E-state index contributed by atoms with van der Waals surface area (Å²) in [7, 11) is -4.05. The Morgan fingerprint density at radius 3 is 1.35 bits per heavy atom. The van der Waals surface area contributed by atoms with Crippen molar-refractivity contribution in [2.75, 3.05) is 52.5 Å². The number of carbonyl (C=O) groups is 2. The van der Waals surface area contributed by atoms with Crippen LogP contribution in [0.1, 0.15) is 130 Å². The van der Waals surface area contributed by atoms with E-state index >= 15 is 0 Å². The molecule has 2 aromatic rings. The normalized spacial score (nSPS) is 17.3. The van der Waals surface area contributed by atoms with Crippen LogP contribution in [0.25, 0.3) is 0 Å². The number of carbonyl (C=O) groups excluding carboxylic acids is 2. The number of sulfonamides is 2. The molecule has 0 aromatic heterocycles. The number of nitrogens with zero attached hydrogens (tertiary/aromatic N) is 2. The number of rotatable bonds is 14. The van der Waals surface area contributed by atoms with Crippen molar-refractivity contribution in [3.8, 4) is 11.5 Å². The summed E-state index contributed by atoms with van der Waals surface area (Å²) in [6, 6.07) is 6.76. The average molecular weight is 996 g/mol. The van der Waals surface area contributed by atoms with E-state index in [9.17, 15) is 31.5 Å². The molecule has 2 unspecified atom stereocenters. The maximum Gasteiger partial charge on any atom is 0.332 e. The molecule has 364 valence electrons. The summed E-state index contributed by atoms with van der Waals surface area (Å²) in [5, 5.41) is 9.48. The lowest BCUT2D eigenvalue weighted by molar-refractivity contribution is -0.160. The topological polar surface area (TPSA) is 175 Å². The van der Waals surface area contributed by atoms with E-state index in [2.05, 4.69) is 15.9 Å². The third kappa shape index (κ3) is 18.9. The summed E-state index contributed by atoms with van der Waals surface area (Å²) in [5.41, 5.74) is 1.85. The van der Waals surface area contributed by atoms with Gasteiger partial charge in [-0.2, -0.15) is 8.61 Å². The number of aliphatic hydroxyl groups is 1. The molecule has 2 heterocycles. The molecule has 2 aliphatic rings. The molecule has 0 spiro atoms. The lowest BCUT2D eigenvalue weighted by Gasteiger charge is -2.35. The van der Waals surface area contributed by atoms with E-state index in [4.69, 9.17) is 23.7 Å². The molecule has 0 bridgehead atoms. The SMILES string of the molecule is C.C.CC(C)(C)OC(=O)CBr.COc1cc(C)c(S(=O)(=O)N2CCCCC2CCO)c(C)c1.COc1cc(C)c(S(=O)(=O)N2CCCCC2CCOCC(=O)OC(C)(C)C)c(C)c1. The predicted octanol–water partition coefficient (Wildman–Crippen LogP) is 8.84. The van der Waals surface area contributed by atoms with E-state index < -0.39 is 31.6 Å². The molecule has 0 amide bonds. The smallest absolute Gasteiger partial charge is 0.332 e. The molecule has 0 saturated carbocycles. The number of piperidine rings is 2. The Labute approximate surface area is 389 Å². The Balaban J connectivity index is 0.00000102. The Morgan fingerprint density at radius 2 is 1.03 bits per heavy atom. The summed E-state index contributed by atoms with van der Waals surface area (Å²) in [6.07, 6.45) is 6.32. The molecule has 2 aliphatic heterocycles. The second kappa shape index (κ2) is 27.0. The van der Waals surface area contributed by atoms with E-state index in [0.717, 1.165) is 38.5 Å². The van der Waals surface area contributed by atoms with Crippen LogP contribution in [0.4, 0.5) is 0 Å². The van der Waals surface area contributed by atoms with E-state index in [1.165, 1.54) is 0 Å². The number of hydrogen-bond donors (Lipinski definition) is 1. The first-order valence-corrected chi connectivity index (χ1v) is 24.9. The molecule has 17 heteroatoms. The molecular weight excluding hydrogens is 917 g/mol. The fourth-order valence-electron chi connectivity index (χ4n) is 7.53. The number of hydrogen-bond acceptors (Lipinski definition) is 12. The van der Waals surface area contributed by atoms with Crippen LogP contribution in [-0.4, -0.2) is 118 Å². The van der Waals surface area contributed by atoms with E-state index in [0.29, 0.717) is 76.1 Å². The Kier molecular flexibility index (Phi) is 25.8. The molecule has 2 atom stereocenters. The van der Waals surface area contributed by atoms with Gasteiger partial charge in [-0.25, -0.2) is 21.6 Å². The van der Waals surface area contributed by atoms with Crippen molar-refractivity contribution in [3.63, 3.8) is 0 Å². The summed E-state index contributed by atoms with van der Waals surface area (Å²) in [6.45, 7) is 19.3. The molecule has 2 saturated heterocycles. The van der Waals surface area contributed by atoms with Crippen LogP contribution in [0.2, 0.25) is 0 Å². The lowest BCUT2D eigenvalue weighted by atomic mass is 10.0. The number of esters is 2. The Morgan fingerprint density at radius 1 is 0.667 bits per heavy atom. The van der Waals surface area contributed by atoms with Gasteiger partial charge in [0.25, 0.3) is 0 Å². The number of methoxy groups -OCH3 is 2. The minimum atomic E-state index is -3.64. The van der Waals surface area contributed by atoms with Gasteiger partial charge >= 0.3 is 11.9 Å². The molecule has 4 rings (SSSR count). The lowest BCUT2D eigenvalue weighted by Crippen LogP contribution is -2.44. The van der Waals surface area contributed by atoms with Crippen LogP contribution >= 0.6 is 15.9 Å². The molecule has 0 radical (unpaired) electrons. The maximum atomic E-state index is 13.5. The molecule has 0 aliphatic carbocycles. The average Bonchev–Trinajstić information content (AvgIpc) is 3.15. The fourth-order valence-corrected chi connectivity index (χ4v) is 11.9. The van der Waals surface area contributed by atoms with Gasteiger partial charge in [0.15, 0.2) is 0 Å². The van der Waals surface area contributed by atoms with Crippen LogP contribution in [0.15, 0.2) is 34.1 Å². The highest BCUT2D eigenvalue weighted by atomic mass is 79.9. The van der Waals surface area contributed by atoms with Gasteiger partial charge < -0.3 is 28.8 Å². The minimum Gasteiger partial charge on any atom is -0.497 e. The first kappa shape index (κ1) is 60.2. The van der Waals surface area contributed by atoms with Gasteiger partial charge in [0.05, 0.1) is 24.0 Å². The van der Waals surface area contributed by atoms with E-state index in [1.807, 2.05) is 20.8 Å². The van der Waals surface area contributed by atoms with Gasteiger partial charge in [-0.05, 0) is 154 Å². The second-order valence-corrected chi connectivity index (χ2v) is 21.6. The number of alkyl halides is 1. The van der Waals surface area contributed by atoms with Crippen LogP contribution in [0, 0.1) is 27.7 Å². The van der Waals surface area contributed by atoms with Gasteiger partial charge in [0, 0.05) is 38.4 Å². The van der Waals surface area contributed by atoms with Crippen LogP contribution < -0.4 is 9.47 Å². The van der Waals surface area contributed by atoms with Gasteiger partial charge in [-0.1, -0.05) is 43.6 Å². The highest BCUT2D eigenvalue weighted by Crippen LogP contribution is 2.34. The van der Waals surface area contributed by atoms with Crippen molar-refractivity contribution >= 4 is 47.9 Å². The summed E-state index contributed by atoms with van der Waals surface area (Å²) >= 11 is 2.99. The molecule has 14 nitrogen and oxygen atoms in total. The third-order valence-corrected chi connectivity index (χ3v) is 14.8. The second-order valence-electron chi connectivity index (χ2n) is 17.4. The fraction of sp³-hybridized carbons (Fsp3) is 0.696. The number of aliphatic hydroxyl groups excluding tert-OH is 1. The largest absolute Gasteiger partial charge is 0.497 e. The quantitative estimate of drug-likeness (QED) is 0.108. The zero-order valence-corrected chi connectivity index (χ0v) is 41.6. The standard InChI is InChI=1S/C22H35NO6S.C16H25NO4S.C6H11BrO2.2CH4/c1-16-13-19(27-6)14-17(2)21(16)30(25,26)23-11-8-7-9-18(23)10-12-28-15-20(24)29-22(3,4)5;1-12-10-15(21-3)11-13(2)16(12)22(19,20)17-8-5-4-6-14(17)7-9-18;1-6(2,3)9-5(8)4-7;;/h13-14,18H,7-12,15H2,1-6H3;10-11,14,18H,4-9H2,1-3H3;4H2,1-3H3;2*1H4. The summed E-state index contributed by atoms with van der Waals surface area (Å²) in [4.78, 5) is 23.1. The molecule has 1 N–H and O–H groups in total. The number of halogens is 1. The van der Waals surface area contributed by atoms with Crippen molar-refractivity contribution in [2.45, 2.75) is 169 Å². The van der Waals surface area contributed by atoms with Gasteiger partial charge in [-0.3, -0.25) is 4.79 Å². The summed E-state index contributed by atoms with van der Waals surface area (Å²) < 4.78 is 82.5. The zero-order chi connectivity index (χ0) is 46.3. The maximum absolute atomic E-state index is 13.5. The number of benzene rings is 2.